The van der Waals surface area contributed by atoms with Crippen LogP contribution in [0, 0.1) is 0 Å². The third-order valence-corrected chi connectivity index (χ3v) is 4.69. The van der Waals surface area contributed by atoms with Crippen LogP contribution in [0.3, 0.4) is 0 Å². The van der Waals surface area contributed by atoms with Crippen molar-refractivity contribution in [2.24, 2.45) is 0 Å². The van der Waals surface area contributed by atoms with E-state index in [1.54, 1.807) is 11.3 Å². The zero-order valence-corrected chi connectivity index (χ0v) is 13.7. The van der Waals surface area contributed by atoms with Gasteiger partial charge in [-0.05, 0) is 12.0 Å². The second kappa shape index (κ2) is 5.97. The van der Waals surface area contributed by atoms with Gasteiger partial charge in [-0.2, -0.15) is 0 Å². The summed E-state index contributed by atoms with van der Waals surface area (Å²) in [6.07, 6.45) is 3.11. The van der Waals surface area contributed by atoms with Gasteiger partial charge in [0, 0.05) is 30.5 Å². The van der Waals surface area contributed by atoms with Crippen molar-refractivity contribution in [2.45, 2.75) is 11.8 Å². The van der Waals surface area contributed by atoms with E-state index in [-0.39, 0.29) is 0 Å². The van der Waals surface area contributed by atoms with Crippen molar-refractivity contribution >= 4 is 38.0 Å². The summed E-state index contributed by atoms with van der Waals surface area (Å²) in [5.41, 5.74) is 2.58. The second-order valence-electron chi connectivity index (χ2n) is 4.73. The quantitative estimate of drug-likeness (QED) is 0.649. The molecule has 20 heavy (non-hydrogen) atoms. The molecule has 0 radical (unpaired) electrons. The number of halogens is 1. The number of imidazole rings is 1. The molecular formula is C15H16BrN3S. The number of anilines is 1. The molecular weight excluding hydrogens is 334 g/mol. The molecule has 0 unspecified atom stereocenters. The lowest BCUT2D eigenvalue weighted by molar-refractivity contribution is 0.858. The van der Waals surface area contributed by atoms with E-state index in [1.807, 2.05) is 0 Å². The van der Waals surface area contributed by atoms with E-state index in [2.05, 4.69) is 74.2 Å². The van der Waals surface area contributed by atoms with Crippen molar-refractivity contribution in [1.29, 1.82) is 0 Å². The molecule has 0 amide bonds. The Kier molecular flexibility index (Phi) is 4.08. The third-order valence-electron chi connectivity index (χ3n) is 3.41. The highest BCUT2D eigenvalue weighted by molar-refractivity contribution is 9.08. The van der Waals surface area contributed by atoms with E-state index in [1.165, 1.54) is 11.3 Å². The standard InChI is InChI=1S/C15H16BrN3S/c1-18(8-7-12-5-3-2-4-6-12)14-13(11-16)19-9-10-20-15(19)17-14/h2-6,9-10H,7-8,11H2,1H3. The lowest BCUT2D eigenvalue weighted by atomic mass is 10.1. The molecule has 0 aliphatic carbocycles. The third kappa shape index (κ3) is 2.60. The molecule has 5 heteroatoms. The average Bonchev–Trinajstić information content (AvgIpc) is 3.06. The number of hydrogen-bond acceptors (Lipinski definition) is 3. The number of aromatic nitrogens is 2. The minimum atomic E-state index is 0.815. The van der Waals surface area contributed by atoms with Crippen LogP contribution in [0.1, 0.15) is 11.3 Å². The summed E-state index contributed by atoms with van der Waals surface area (Å²) in [5.74, 6) is 1.07. The SMILES string of the molecule is CN(CCc1ccccc1)c1nc2sccn2c1CBr. The maximum atomic E-state index is 4.73. The van der Waals surface area contributed by atoms with Crippen LogP contribution in [-0.4, -0.2) is 23.0 Å². The number of fused-ring (bicyclic) bond motifs is 1. The highest BCUT2D eigenvalue weighted by Crippen LogP contribution is 2.25. The maximum absolute atomic E-state index is 4.73. The molecule has 0 bridgehead atoms. The molecule has 0 aliphatic rings. The Bertz CT molecular complexity index is 690. The summed E-state index contributed by atoms with van der Waals surface area (Å²) >= 11 is 5.25. The number of likely N-dealkylation sites (N-methyl/N-ethyl adjacent to an activating group) is 1. The predicted octanol–water partition coefficient (Wildman–Crippen LogP) is 3.97. The van der Waals surface area contributed by atoms with E-state index >= 15 is 0 Å². The minimum Gasteiger partial charge on any atom is -0.358 e. The van der Waals surface area contributed by atoms with E-state index in [4.69, 9.17) is 4.98 Å². The number of nitrogens with zero attached hydrogens (tertiary/aromatic N) is 3. The Hall–Kier alpha value is -1.33. The zero-order chi connectivity index (χ0) is 13.9. The molecule has 3 aromatic rings. The lowest BCUT2D eigenvalue weighted by Gasteiger charge is -2.17. The molecule has 0 atom stereocenters. The Morgan fingerprint density at radius 1 is 1.30 bits per heavy atom. The minimum absolute atomic E-state index is 0.815. The fourth-order valence-electron chi connectivity index (χ4n) is 2.30. The smallest absolute Gasteiger partial charge is 0.195 e. The van der Waals surface area contributed by atoms with Gasteiger partial charge in [-0.3, -0.25) is 4.40 Å². The zero-order valence-electron chi connectivity index (χ0n) is 11.3. The van der Waals surface area contributed by atoms with Gasteiger partial charge in [-0.1, -0.05) is 46.3 Å². The summed E-state index contributed by atoms with van der Waals surface area (Å²) in [7, 11) is 2.11. The Balaban J connectivity index is 1.78. The molecule has 0 saturated carbocycles. The fraction of sp³-hybridized carbons (Fsp3) is 0.267. The number of hydrogen-bond donors (Lipinski definition) is 0. The first-order valence-electron chi connectivity index (χ1n) is 6.55. The van der Waals surface area contributed by atoms with Gasteiger partial charge in [-0.25, -0.2) is 4.98 Å². The first-order chi connectivity index (χ1) is 9.79. The molecule has 0 saturated heterocycles. The molecule has 0 fully saturated rings. The van der Waals surface area contributed by atoms with E-state index in [9.17, 15) is 0 Å². The molecule has 3 rings (SSSR count). The Morgan fingerprint density at radius 2 is 2.10 bits per heavy atom. The van der Waals surface area contributed by atoms with Crippen molar-refractivity contribution in [3.8, 4) is 0 Å². The van der Waals surface area contributed by atoms with Crippen molar-refractivity contribution in [3.05, 3.63) is 53.2 Å². The summed E-state index contributed by atoms with van der Waals surface area (Å²) in [5, 5.41) is 2.89. The number of rotatable bonds is 5. The highest BCUT2D eigenvalue weighted by atomic mass is 79.9. The van der Waals surface area contributed by atoms with Crippen LogP contribution < -0.4 is 4.90 Å². The van der Waals surface area contributed by atoms with Gasteiger partial charge in [0.2, 0.25) is 0 Å². The molecule has 2 heterocycles. The average molecular weight is 350 g/mol. The molecule has 0 aliphatic heterocycles. The van der Waals surface area contributed by atoms with Crippen molar-refractivity contribution < 1.29 is 0 Å². The van der Waals surface area contributed by atoms with Gasteiger partial charge in [0.15, 0.2) is 10.8 Å². The molecule has 1 aromatic carbocycles. The number of thiazole rings is 1. The first-order valence-corrected chi connectivity index (χ1v) is 8.55. The molecule has 0 spiro atoms. The molecule has 3 nitrogen and oxygen atoms in total. The normalized spacial score (nSPS) is 11.1. The van der Waals surface area contributed by atoms with Crippen LogP contribution in [0.5, 0.6) is 0 Å². The van der Waals surface area contributed by atoms with Gasteiger partial charge >= 0.3 is 0 Å². The van der Waals surface area contributed by atoms with Gasteiger partial charge in [0.05, 0.1) is 5.69 Å². The number of alkyl halides is 1. The molecule has 2 aromatic heterocycles. The van der Waals surface area contributed by atoms with Gasteiger partial charge in [0.1, 0.15) is 0 Å². The maximum Gasteiger partial charge on any atom is 0.195 e. The summed E-state index contributed by atoms with van der Waals surface area (Å²) in [6, 6.07) is 10.6. The van der Waals surface area contributed by atoms with E-state index in [0.717, 1.165) is 29.1 Å². The molecule has 104 valence electrons. The van der Waals surface area contributed by atoms with Gasteiger partial charge < -0.3 is 4.90 Å². The summed E-state index contributed by atoms with van der Waals surface area (Å²) in [4.78, 5) is 8.03. The van der Waals surface area contributed by atoms with Crippen LogP contribution in [-0.2, 0) is 11.8 Å². The van der Waals surface area contributed by atoms with Crippen LogP contribution in [0.25, 0.3) is 4.96 Å². The monoisotopic (exact) mass is 349 g/mol. The van der Waals surface area contributed by atoms with Crippen LogP contribution >= 0.6 is 27.3 Å². The second-order valence-corrected chi connectivity index (χ2v) is 6.16. The van der Waals surface area contributed by atoms with Crippen molar-refractivity contribution in [2.75, 3.05) is 18.5 Å². The fourth-order valence-corrected chi connectivity index (χ4v) is 3.55. The van der Waals surface area contributed by atoms with Gasteiger partial charge in [0.25, 0.3) is 0 Å². The van der Waals surface area contributed by atoms with E-state index in [0.29, 0.717) is 0 Å². The van der Waals surface area contributed by atoms with Crippen molar-refractivity contribution in [1.82, 2.24) is 9.38 Å². The van der Waals surface area contributed by atoms with Crippen LogP contribution in [0.2, 0.25) is 0 Å². The predicted molar refractivity (Wildman–Crippen MR) is 89.1 cm³/mol. The Labute approximate surface area is 131 Å². The highest BCUT2D eigenvalue weighted by Gasteiger charge is 2.15. The van der Waals surface area contributed by atoms with Crippen LogP contribution in [0.15, 0.2) is 41.9 Å². The van der Waals surface area contributed by atoms with Crippen molar-refractivity contribution in [3.63, 3.8) is 0 Å². The largest absolute Gasteiger partial charge is 0.358 e. The lowest BCUT2D eigenvalue weighted by Crippen LogP contribution is -2.21. The van der Waals surface area contributed by atoms with Crippen LogP contribution in [0.4, 0.5) is 5.82 Å². The topological polar surface area (TPSA) is 20.5 Å². The van der Waals surface area contributed by atoms with Gasteiger partial charge in [-0.15, -0.1) is 11.3 Å². The number of benzene rings is 1. The van der Waals surface area contributed by atoms with E-state index < -0.39 is 0 Å². The summed E-state index contributed by atoms with van der Waals surface area (Å²) in [6.45, 7) is 0.967. The molecule has 0 N–H and O–H groups in total. The summed E-state index contributed by atoms with van der Waals surface area (Å²) < 4.78 is 2.16. The Morgan fingerprint density at radius 3 is 2.85 bits per heavy atom. The first kappa shape index (κ1) is 13.6.